The first-order valence-electron chi connectivity index (χ1n) is 8.47. The lowest BCUT2D eigenvalue weighted by molar-refractivity contribution is -0.142. The van der Waals surface area contributed by atoms with Crippen molar-refractivity contribution in [2.24, 2.45) is 11.8 Å². The van der Waals surface area contributed by atoms with E-state index in [0.29, 0.717) is 18.7 Å². The normalized spacial score (nSPS) is 20.0. The van der Waals surface area contributed by atoms with Crippen molar-refractivity contribution in [1.82, 2.24) is 14.5 Å². The molecule has 1 saturated heterocycles. The van der Waals surface area contributed by atoms with Gasteiger partial charge in [-0.3, -0.25) is 14.6 Å². The zero-order valence-corrected chi connectivity index (χ0v) is 14.8. The average Bonchev–Trinajstić information content (AvgIpc) is 3.10. The molecular formula is C19H23N3O3. The topological polar surface area (TPSA) is 75.4 Å². The fourth-order valence-corrected chi connectivity index (χ4v) is 3.54. The van der Waals surface area contributed by atoms with Crippen molar-refractivity contribution in [2.45, 2.75) is 27.3 Å². The van der Waals surface area contributed by atoms with E-state index in [4.69, 9.17) is 0 Å². The van der Waals surface area contributed by atoms with Crippen molar-refractivity contribution < 1.29 is 14.7 Å². The maximum absolute atomic E-state index is 12.9. The van der Waals surface area contributed by atoms with Crippen LogP contribution in [-0.4, -0.2) is 44.5 Å². The molecule has 6 heteroatoms. The molecule has 3 heterocycles. The number of hydrogen-bond donors (Lipinski definition) is 1. The third-order valence-electron chi connectivity index (χ3n) is 5.07. The molecule has 0 spiro atoms. The summed E-state index contributed by atoms with van der Waals surface area (Å²) >= 11 is 0. The van der Waals surface area contributed by atoms with E-state index in [1.54, 1.807) is 11.1 Å². The first kappa shape index (κ1) is 17.2. The van der Waals surface area contributed by atoms with Gasteiger partial charge in [-0.05, 0) is 38.0 Å². The summed E-state index contributed by atoms with van der Waals surface area (Å²) < 4.78 is 2.07. The van der Waals surface area contributed by atoms with Gasteiger partial charge in [0.25, 0.3) is 5.91 Å². The van der Waals surface area contributed by atoms with E-state index in [0.717, 1.165) is 17.1 Å². The lowest BCUT2D eigenvalue weighted by Crippen LogP contribution is -2.30. The number of hydrogen-bond acceptors (Lipinski definition) is 3. The van der Waals surface area contributed by atoms with Crippen molar-refractivity contribution in [1.29, 1.82) is 0 Å². The molecule has 1 fully saturated rings. The van der Waals surface area contributed by atoms with Crippen LogP contribution in [0.3, 0.4) is 0 Å². The molecule has 3 rings (SSSR count). The molecule has 0 saturated carbocycles. The zero-order chi connectivity index (χ0) is 18.1. The highest BCUT2D eigenvalue weighted by Gasteiger charge is 2.37. The lowest BCUT2D eigenvalue weighted by Gasteiger charge is -2.16. The van der Waals surface area contributed by atoms with Gasteiger partial charge in [0.15, 0.2) is 0 Å². The third kappa shape index (κ3) is 3.29. The Hall–Kier alpha value is -2.63. The summed E-state index contributed by atoms with van der Waals surface area (Å²) in [6.45, 7) is 7.16. The zero-order valence-electron chi connectivity index (χ0n) is 14.8. The van der Waals surface area contributed by atoms with Crippen molar-refractivity contribution in [3.63, 3.8) is 0 Å². The van der Waals surface area contributed by atoms with Crippen LogP contribution in [0.5, 0.6) is 0 Å². The van der Waals surface area contributed by atoms with Gasteiger partial charge in [0.2, 0.25) is 0 Å². The van der Waals surface area contributed by atoms with Crippen molar-refractivity contribution >= 4 is 11.9 Å². The Morgan fingerprint density at radius 3 is 2.64 bits per heavy atom. The minimum Gasteiger partial charge on any atom is -0.481 e. The number of pyridine rings is 1. The molecule has 0 radical (unpaired) electrons. The molecule has 0 bridgehead atoms. The molecule has 132 valence electrons. The summed E-state index contributed by atoms with van der Waals surface area (Å²) in [5.74, 6) is -1.43. The first-order chi connectivity index (χ1) is 11.9. The fraction of sp³-hybridized carbons (Fsp3) is 0.421. The highest BCUT2D eigenvalue weighted by Crippen LogP contribution is 2.26. The van der Waals surface area contributed by atoms with Crippen LogP contribution < -0.4 is 0 Å². The SMILES string of the molecule is Cc1cc(C(=O)N2C[C@@H](C)[C@H](C(=O)O)C2)c(C)n1Cc1ccccn1. The summed E-state index contributed by atoms with van der Waals surface area (Å²) in [6, 6.07) is 7.67. The summed E-state index contributed by atoms with van der Waals surface area (Å²) in [5, 5.41) is 9.27. The molecule has 2 aromatic heterocycles. The lowest BCUT2D eigenvalue weighted by atomic mass is 9.99. The third-order valence-corrected chi connectivity index (χ3v) is 5.07. The number of carbonyl (C=O) groups is 2. The Bertz CT molecular complexity index is 798. The molecule has 0 unspecified atom stereocenters. The quantitative estimate of drug-likeness (QED) is 0.926. The number of carboxylic acid groups (broad SMARTS) is 1. The Kier molecular flexibility index (Phi) is 4.61. The highest BCUT2D eigenvalue weighted by atomic mass is 16.4. The summed E-state index contributed by atoms with van der Waals surface area (Å²) in [7, 11) is 0. The molecule has 1 amide bonds. The van der Waals surface area contributed by atoms with E-state index in [2.05, 4.69) is 9.55 Å². The Labute approximate surface area is 147 Å². The minimum absolute atomic E-state index is 0.0292. The van der Waals surface area contributed by atoms with Crippen molar-refractivity contribution in [2.75, 3.05) is 13.1 Å². The number of rotatable bonds is 4. The van der Waals surface area contributed by atoms with Crippen LogP contribution in [-0.2, 0) is 11.3 Å². The Balaban J connectivity index is 1.83. The molecule has 0 aromatic carbocycles. The molecule has 1 N–H and O–H groups in total. The molecule has 2 atom stereocenters. The molecule has 1 aliphatic rings. The van der Waals surface area contributed by atoms with E-state index in [1.807, 2.05) is 45.0 Å². The highest BCUT2D eigenvalue weighted by molar-refractivity contribution is 5.96. The van der Waals surface area contributed by atoms with Gasteiger partial charge in [-0.1, -0.05) is 13.0 Å². The van der Waals surface area contributed by atoms with E-state index in [-0.39, 0.29) is 18.4 Å². The number of carboxylic acids is 1. The maximum Gasteiger partial charge on any atom is 0.308 e. The van der Waals surface area contributed by atoms with Crippen LogP contribution in [0, 0.1) is 25.7 Å². The second-order valence-electron chi connectivity index (χ2n) is 6.82. The van der Waals surface area contributed by atoms with E-state index < -0.39 is 11.9 Å². The number of nitrogens with zero attached hydrogens (tertiary/aromatic N) is 3. The number of likely N-dealkylation sites (tertiary alicyclic amines) is 1. The molecule has 2 aromatic rings. The van der Waals surface area contributed by atoms with Gasteiger partial charge in [0.05, 0.1) is 23.7 Å². The number of aryl methyl sites for hydroxylation is 1. The molecule has 0 aliphatic carbocycles. The summed E-state index contributed by atoms with van der Waals surface area (Å²) in [5.41, 5.74) is 3.46. The molecule has 25 heavy (non-hydrogen) atoms. The van der Waals surface area contributed by atoms with E-state index >= 15 is 0 Å². The summed E-state index contributed by atoms with van der Waals surface area (Å²) in [4.78, 5) is 30.2. The van der Waals surface area contributed by atoms with Gasteiger partial charge in [-0.15, -0.1) is 0 Å². The monoisotopic (exact) mass is 341 g/mol. The number of amides is 1. The summed E-state index contributed by atoms with van der Waals surface area (Å²) in [6.07, 6.45) is 1.76. The fourth-order valence-electron chi connectivity index (χ4n) is 3.54. The van der Waals surface area contributed by atoms with Gasteiger partial charge in [0.1, 0.15) is 0 Å². The number of aliphatic carboxylic acids is 1. The van der Waals surface area contributed by atoms with Gasteiger partial charge >= 0.3 is 5.97 Å². The maximum atomic E-state index is 12.9. The standard InChI is InChI=1S/C19H23N3O3/c1-12-9-21(11-17(12)19(24)25)18(23)16-8-13(2)22(14(16)3)10-15-6-4-5-7-20-15/h4-8,12,17H,9-11H2,1-3H3,(H,24,25)/t12-,17-/m1/s1. The Morgan fingerprint density at radius 1 is 1.28 bits per heavy atom. The van der Waals surface area contributed by atoms with Crippen molar-refractivity contribution in [3.05, 3.63) is 53.1 Å². The molecule has 1 aliphatic heterocycles. The van der Waals surface area contributed by atoms with Crippen LogP contribution in [0.15, 0.2) is 30.5 Å². The molecular weight excluding hydrogens is 318 g/mol. The smallest absolute Gasteiger partial charge is 0.308 e. The first-order valence-corrected chi connectivity index (χ1v) is 8.47. The predicted molar refractivity (Wildman–Crippen MR) is 93.4 cm³/mol. The van der Waals surface area contributed by atoms with Gasteiger partial charge < -0.3 is 14.6 Å². The van der Waals surface area contributed by atoms with Crippen LogP contribution >= 0.6 is 0 Å². The van der Waals surface area contributed by atoms with Gasteiger partial charge in [-0.2, -0.15) is 0 Å². The number of aromatic nitrogens is 2. The van der Waals surface area contributed by atoms with Gasteiger partial charge in [-0.25, -0.2) is 0 Å². The number of carbonyl (C=O) groups excluding carboxylic acids is 1. The van der Waals surface area contributed by atoms with Crippen LogP contribution in [0.25, 0.3) is 0 Å². The van der Waals surface area contributed by atoms with Crippen molar-refractivity contribution in [3.8, 4) is 0 Å². The van der Waals surface area contributed by atoms with Crippen LogP contribution in [0.2, 0.25) is 0 Å². The molecule has 6 nitrogen and oxygen atoms in total. The minimum atomic E-state index is -0.830. The average molecular weight is 341 g/mol. The van der Waals surface area contributed by atoms with E-state index in [9.17, 15) is 14.7 Å². The predicted octanol–water partition coefficient (Wildman–Crippen LogP) is 2.34. The van der Waals surface area contributed by atoms with Gasteiger partial charge in [0, 0.05) is 30.7 Å². The Morgan fingerprint density at radius 2 is 2.04 bits per heavy atom. The largest absolute Gasteiger partial charge is 0.481 e. The van der Waals surface area contributed by atoms with E-state index in [1.165, 1.54) is 0 Å². The van der Waals surface area contributed by atoms with Crippen LogP contribution in [0.4, 0.5) is 0 Å². The second-order valence-corrected chi connectivity index (χ2v) is 6.82. The second kappa shape index (κ2) is 6.70. The van der Waals surface area contributed by atoms with Crippen LogP contribution in [0.1, 0.15) is 34.4 Å².